The lowest BCUT2D eigenvalue weighted by atomic mass is 10.00. The highest BCUT2D eigenvalue weighted by Gasteiger charge is 2.25. The summed E-state index contributed by atoms with van der Waals surface area (Å²) in [5, 5.41) is 10.4. The molecule has 2 aromatic carbocycles. The monoisotopic (exact) mass is 243 g/mol. The predicted octanol–water partition coefficient (Wildman–Crippen LogP) is 2.08. The molecule has 1 unspecified atom stereocenters. The zero-order chi connectivity index (χ0) is 12.5. The van der Waals surface area contributed by atoms with Crippen molar-refractivity contribution in [1.82, 2.24) is 0 Å². The van der Waals surface area contributed by atoms with Gasteiger partial charge in [0.2, 0.25) is 6.79 Å². The van der Waals surface area contributed by atoms with E-state index in [4.69, 9.17) is 15.2 Å². The van der Waals surface area contributed by atoms with Crippen molar-refractivity contribution >= 4 is 5.69 Å². The highest BCUT2D eigenvalue weighted by atomic mass is 16.7. The maximum Gasteiger partial charge on any atom is 0.231 e. The lowest BCUT2D eigenvalue weighted by Crippen LogP contribution is -2.02. The maximum atomic E-state index is 10.4. The van der Waals surface area contributed by atoms with E-state index in [0.717, 1.165) is 5.56 Å². The largest absolute Gasteiger partial charge is 0.453 e. The van der Waals surface area contributed by atoms with Gasteiger partial charge in [-0.15, -0.1) is 0 Å². The van der Waals surface area contributed by atoms with Crippen LogP contribution in [-0.4, -0.2) is 11.9 Å². The van der Waals surface area contributed by atoms with Crippen molar-refractivity contribution in [2.75, 3.05) is 12.5 Å². The Morgan fingerprint density at radius 1 is 1.00 bits per heavy atom. The number of aliphatic hydroxyl groups excluding tert-OH is 1. The molecule has 1 atom stereocenters. The fraction of sp³-hybridized carbons (Fsp3) is 0.143. The Morgan fingerprint density at radius 2 is 1.72 bits per heavy atom. The summed E-state index contributed by atoms with van der Waals surface area (Å²) in [7, 11) is 0. The number of nitrogens with two attached hydrogens (primary N) is 1. The molecule has 18 heavy (non-hydrogen) atoms. The molecule has 92 valence electrons. The van der Waals surface area contributed by atoms with Gasteiger partial charge in [0.05, 0.1) is 5.69 Å². The Hall–Kier alpha value is -2.20. The standard InChI is InChI=1S/C14H13NO3/c15-11-7-6-10(13-14(11)18-8-17-13)12(16)9-4-2-1-3-5-9/h1-7,12,16H,8,15H2. The van der Waals surface area contributed by atoms with Crippen LogP contribution in [0.3, 0.4) is 0 Å². The van der Waals surface area contributed by atoms with Crippen LogP contribution in [0.4, 0.5) is 5.69 Å². The third-order valence-corrected chi connectivity index (χ3v) is 2.99. The van der Waals surface area contributed by atoms with Crippen molar-refractivity contribution < 1.29 is 14.6 Å². The van der Waals surface area contributed by atoms with Crippen molar-refractivity contribution in [3.63, 3.8) is 0 Å². The zero-order valence-corrected chi connectivity index (χ0v) is 9.67. The number of aliphatic hydroxyl groups is 1. The quantitative estimate of drug-likeness (QED) is 0.792. The van der Waals surface area contributed by atoms with Crippen LogP contribution in [0.25, 0.3) is 0 Å². The summed E-state index contributed by atoms with van der Waals surface area (Å²) in [6.07, 6.45) is -0.748. The van der Waals surface area contributed by atoms with Crippen molar-refractivity contribution in [3.8, 4) is 11.5 Å². The second-order valence-corrected chi connectivity index (χ2v) is 4.12. The molecule has 0 radical (unpaired) electrons. The second kappa shape index (κ2) is 4.23. The first-order chi connectivity index (χ1) is 8.77. The highest BCUT2D eigenvalue weighted by Crippen LogP contribution is 2.44. The van der Waals surface area contributed by atoms with Crippen LogP contribution in [0.2, 0.25) is 0 Å². The minimum absolute atomic E-state index is 0.137. The first kappa shape index (κ1) is 10.9. The van der Waals surface area contributed by atoms with Gasteiger partial charge in [-0.1, -0.05) is 36.4 Å². The SMILES string of the molecule is Nc1ccc(C(O)c2ccccc2)c2c1OCO2. The molecular weight excluding hydrogens is 230 g/mol. The summed E-state index contributed by atoms with van der Waals surface area (Å²) >= 11 is 0. The molecule has 2 aromatic rings. The normalized spacial score (nSPS) is 14.5. The van der Waals surface area contributed by atoms with Crippen molar-refractivity contribution in [2.45, 2.75) is 6.10 Å². The lowest BCUT2D eigenvalue weighted by Gasteiger charge is -2.14. The van der Waals surface area contributed by atoms with E-state index in [1.165, 1.54) is 0 Å². The Kier molecular flexibility index (Phi) is 2.57. The molecule has 0 spiro atoms. The van der Waals surface area contributed by atoms with E-state index in [-0.39, 0.29) is 6.79 Å². The van der Waals surface area contributed by atoms with Crippen LogP contribution in [0.1, 0.15) is 17.2 Å². The average Bonchev–Trinajstić information content (AvgIpc) is 2.90. The van der Waals surface area contributed by atoms with E-state index >= 15 is 0 Å². The number of nitrogen functional groups attached to an aromatic ring is 1. The summed E-state index contributed by atoms with van der Waals surface area (Å²) in [4.78, 5) is 0. The minimum atomic E-state index is -0.748. The second-order valence-electron chi connectivity index (χ2n) is 4.12. The molecule has 1 aliphatic heterocycles. The first-order valence-corrected chi connectivity index (χ1v) is 5.68. The molecule has 3 rings (SSSR count). The van der Waals surface area contributed by atoms with Gasteiger partial charge < -0.3 is 20.3 Å². The summed E-state index contributed by atoms with van der Waals surface area (Å²) in [5.74, 6) is 1.05. The highest BCUT2D eigenvalue weighted by molar-refractivity contribution is 5.65. The van der Waals surface area contributed by atoms with Gasteiger partial charge in [-0.25, -0.2) is 0 Å². The predicted molar refractivity (Wildman–Crippen MR) is 67.5 cm³/mol. The Bertz CT molecular complexity index is 569. The van der Waals surface area contributed by atoms with Crippen LogP contribution in [0, 0.1) is 0 Å². The van der Waals surface area contributed by atoms with E-state index < -0.39 is 6.10 Å². The number of ether oxygens (including phenoxy) is 2. The van der Waals surface area contributed by atoms with Crippen molar-refractivity contribution in [3.05, 3.63) is 53.6 Å². The molecule has 0 saturated carbocycles. The van der Waals surface area contributed by atoms with Crippen LogP contribution >= 0.6 is 0 Å². The van der Waals surface area contributed by atoms with Gasteiger partial charge in [-0.2, -0.15) is 0 Å². The molecule has 0 saturated heterocycles. The molecule has 4 nitrogen and oxygen atoms in total. The first-order valence-electron chi connectivity index (χ1n) is 5.68. The third kappa shape index (κ3) is 1.67. The fourth-order valence-electron chi connectivity index (χ4n) is 2.07. The molecule has 1 aliphatic rings. The van der Waals surface area contributed by atoms with Gasteiger partial charge in [0.25, 0.3) is 0 Å². The Morgan fingerprint density at radius 3 is 2.50 bits per heavy atom. The average molecular weight is 243 g/mol. The van der Waals surface area contributed by atoms with Crippen LogP contribution in [0.5, 0.6) is 11.5 Å². The van der Waals surface area contributed by atoms with E-state index in [9.17, 15) is 5.11 Å². The van der Waals surface area contributed by atoms with Crippen molar-refractivity contribution in [2.24, 2.45) is 0 Å². The molecule has 0 fully saturated rings. The van der Waals surface area contributed by atoms with Crippen LogP contribution < -0.4 is 15.2 Å². The molecule has 0 amide bonds. The molecule has 1 heterocycles. The van der Waals surface area contributed by atoms with E-state index in [0.29, 0.717) is 22.7 Å². The van der Waals surface area contributed by atoms with Gasteiger partial charge in [0.15, 0.2) is 11.5 Å². The molecule has 0 aliphatic carbocycles. The molecule has 0 bridgehead atoms. The molecule has 0 aromatic heterocycles. The van der Waals surface area contributed by atoms with Crippen LogP contribution in [0.15, 0.2) is 42.5 Å². The molecule has 4 heteroatoms. The maximum absolute atomic E-state index is 10.4. The zero-order valence-electron chi connectivity index (χ0n) is 9.67. The fourth-order valence-corrected chi connectivity index (χ4v) is 2.07. The molecule has 3 N–H and O–H groups in total. The van der Waals surface area contributed by atoms with E-state index in [1.807, 2.05) is 30.3 Å². The number of hydrogen-bond acceptors (Lipinski definition) is 4. The van der Waals surface area contributed by atoms with Gasteiger partial charge in [0, 0.05) is 5.56 Å². The van der Waals surface area contributed by atoms with Gasteiger partial charge in [-0.3, -0.25) is 0 Å². The minimum Gasteiger partial charge on any atom is -0.453 e. The van der Waals surface area contributed by atoms with Gasteiger partial charge in [0.1, 0.15) is 6.10 Å². The Labute approximate surface area is 105 Å². The summed E-state index contributed by atoms with van der Waals surface area (Å²) in [6, 6.07) is 12.9. The Balaban J connectivity index is 2.06. The number of benzene rings is 2. The summed E-state index contributed by atoms with van der Waals surface area (Å²) < 4.78 is 10.7. The molecular formula is C14H13NO3. The third-order valence-electron chi connectivity index (χ3n) is 2.99. The number of hydrogen-bond donors (Lipinski definition) is 2. The van der Waals surface area contributed by atoms with Crippen molar-refractivity contribution in [1.29, 1.82) is 0 Å². The van der Waals surface area contributed by atoms with E-state index in [1.54, 1.807) is 12.1 Å². The van der Waals surface area contributed by atoms with Gasteiger partial charge >= 0.3 is 0 Å². The number of anilines is 1. The lowest BCUT2D eigenvalue weighted by molar-refractivity contribution is 0.168. The van der Waals surface area contributed by atoms with E-state index in [2.05, 4.69) is 0 Å². The summed E-state index contributed by atoms with van der Waals surface area (Å²) in [6.45, 7) is 0.137. The summed E-state index contributed by atoms with van der Waals surface area (Å²) in [5.41, 5.74) is 7.79. The smallest absolute Gasteiger partial charge is 0.231 e. The topological polar surface area (TPSA) is 64.7 Å². The number of rotatable bonds is 2. The van der Waals surface area contributed by atoms with Gasteiger partial charge in [-0.05, 0) is 11.6 Å². The number of fused-ring (bicyclic) bond motifs is 1. The van der Waals surface area contributed by atoms with Crippen LogP contribution in [-0.2, 0) is 0 Å².